The highest BCUT2D eigenvalue weighted by Crippen LogP contribution is 2.22. The van der Waals surface area contributed by atoms with Gasteiger partial charge in [-0.1, -0.05) is 12.1 Å². The molecule has 5 nitrogen and oxygen atoms in total. The van der Waals surface area contributed by atoms with Gasteiger partial charge in [-0.2, -0.15) is 0 Å². The molecule has 5 heteroatoms. The smallest absolute Gasteiger partial charge is 0.251 e. The summed E-state index contributed by atoms with van der Waals surface area (Å²) in [5.41, 5.74) is 1.54. The van der Waals surface area contributed by atoms with Crippen LogP contribution in [-0.4, -0.2) is 31.8 Å². The van der Waals surface area contributed by atoms with Gasteiger partial charge in [-0.15, -0.1) is 0 Å². The topological polar surface area (TPSA) is 67.8 Å². The number of phenolic OH excluding ortho intramolecular Hbond substituents is 1. The van der Waals surface area contributed by atoms with Crippen molar-refractivity contribution in [1.29, 1.82) is 0 Å². The second-order valence-corrected chi connectivity index (χ2v) is 5.13. The number of nitrogens with one attached hydrogen (secondary N) is 1. The van der Waals surface area contributed by atoms with Gasteiger partial charge in [0.05, 0.1) is 14.2 Å². The summed E-state index contributed by atoms with van der Waals surface area (Å²) in [6.07, 6.45) is 1.58. The third kappa shape index (κ3) is 4.92. The van der Waals surface area contributed by atoms with Crippen LogP contribution >= 0.6 is 0 Å². The molecule has 0 saturated carbocycles. The normalized spacial score (nSPS) is 10.2. The second-order valence-electron chi connectivity index (χ2n) is 5.13. The van der Waals surface area contributed by atoms with Crippen LogP contribution in [0.15, 0.2) is 42.5 Å². The van der Waals surface area contributed by atoms with Gasteiger partial charge in [-0.3, -0.25) is 4.79 Å². The highest BCUT2D eigenvalue weighted by Gasteiger charge is 2.09. The monoisotopic (exact) mass is 315 g/mol. The third-order valence-electron chi connectivity index (χ3n) is 3.45. The van der Waals surface area contributed by atoms with E-state index in [1.54, 1.807) is 44.6 Å². The summed E-state index contributed by atoms with van der Waals surface area (Å²) in [4.78, 5) is 12.2. The Morgan fingerprint density at radius 1 is 1.09 bits per heavy atom. The van der Waals surface area contributed by atoms with Gasteiger partial charge in [0.1, 0.15) is 17.2 Å². The number of aryl methyl sites for hydroxylation is 1. The molecule has 122 valence electrons. The molecule has 0 spiro atoms. The number of hydrogen-bond acceptors (Lipinski definition) is 4. The van der Waals surface area contributed by atoms with Crippen molar-refractivity contribution in [2.45, 2.75) is 12.8 Å². The zero-order valence-electron chi connectivity index (χ0n) is 13.3. The highest BCUT2D eigenvalue weighted by atomic mass is 16.5. The molecule has 0 aromatic heterocycles. The number of phenols is 1. The quantitative estimate of drug-likeness (QED) is 0.771. The number of methoxy groups -OCH3 is 2. The molecule has 2 N–H and O–H groups in total. The first-order valence-corrected chi connectivity index (χ1v) is 7.41. The molecule has 0 aliphatic carbocycles. The number of amides is 1. The first-order chi connectivity index (χ1) is 11.1. The summed E-state index contributed by atoms with van der Waals surface area (Å²) in [6.45, 7) is 0.550. The molecule has 2 aromatic rings. The Bertz CT molecular complexity index is 648. The maximum Gasteiger partial charge on any atom is 0.251 e. The minimum Gasteiger partial charge on any atom is -0.508 e. The molecule has 23 heavy (non-hydrogen) atoms. The Labute approximate surface area is 135 Å². The number of rotatable bonds is 7. The molecular formula is C18H21NO4. The number of benzene rings is 2. The van der Waals surface area contributed by atoms with Gasteiger partial charge in [-0.05, 0) is 42.7 Å². The molecule has 1 amide bonds. The van der Waals surface area contributed by atoms with E-state index < -0.39 is 0 Å². The summed E-state index contributed by atoms with van der Waals surface area (Å²) in [5, 5.41) is 12.3. The fourth-order valence-corrected chi connectivity index (χ4v) is 2.25. The largest absolute Gasteiger partial charge is 0.508 e. The number of hydrogen-bond donors (Lipinski definition) is 2. The van der Waals surface area contributed by atoms with Crippen LogP contribution < -0.4 is 14.8 Å². The first-order valence-electron chi connectivity index (χ1n) is 7.41. The number of ether oxygens (including phenoxy) is 2. The van der Waals surface area contributed by atoms with Crippen molar-refractivity contribution in [3.05, 3.63) is 53.6 Å². The van der Waals surface area contributed by atoms with Crippen molar-refractivity contribution in [2.24, 2.45) is 0 Å². The first kappa shape index (κ1) is 16.7. The van der Waals surface area contributed by atoms with Crippen molar-refractivity contribution < 1.29 is 19.4 Å². The molecule has 2 aromatic carbocycles. The SMILES string of the molecule is COc1cc(OC)cc(C(=O)NCCCc2cccc(O)c2)c1. The predicted molar refractivity (Wildman–Crippen MR) is 88.3 cm³/mol. The van der Waals surface area contributed by atoms with E-state index in [-0.39, 0.29) is 11.7 Å². The van der Waals surface area contributed by atoms with Crippen molar-refractivity contribution in [2.75, 3.05) is 20.8 Å². The van der Waals surface area contributed by atoms with Gasteiger partial charge in [0.2, 0.25) is 0 Å². The standard InChI is InChI=1S/C18H21NO4/c1-22-16-10-14(11-17(12-16)23-2)18(21)19-8-4-6-13-5-3-7-15(20)9-13/h3,5,7,9-12,20H,4,6,8H2,1-2H3,(H,19,21). The van der Waals surface area contributed by atoms with E-state index in [0.717, 1.165) is 18.4 Å². The summed E-state index contributed by atoms with van der Waals surface area (Å²) < 4.78 is 10.3. The van der Waals surface area contributed by atoms with E-state index in [1.165, 1.54) is 0 Å². The predicted octanol–water partition coefficient (Wildman–Crippen LogP) is 2.77. The van der Waals surface area contributed by atoms with Crippen LogP contribution in [0.1, 0.15) is 22.3 Å². The molecule has 0 unspecified atom stereocenters. The lowest BCUT2D eigenvalue weighted by Crippen LogP contribution is -2.24. The molecule has 0 saturated heterocycles. The third-order valence-corrected chi connectivity index (χ3v) is 3.45. The molecule has 0 atom stereocenters. The van der Waals surface area contributed by atoms with E-state index in [0.29, 0.717) is 23.6 Å². The summed E-state index contributed by atoms with van der Waals surface area (Å²) >= 11 is 0. The number of aromatic hydroxyl groups is 1. The van der Waals surface area contributed by atoms with Gasteiger partial charge < -0.3 is 19.9 Å². The summed E-state index contributed by atoms with van der Waals surface area (Å²) in [6, 6.07) is 12.2. The van der Waals surface area contributed by atoms with Crippen molar-refractivity contribution in [3.63, 3.8) is 0 Å². The van der Waals surface area contributed by atoms with Crippen molar-refractivity contribution in [3.8, 4) is 17.2 Å². The maximum absolute atomic E-state index is 12.2. The van der Waals surface area contributed by atoms with Crippen LogP contribution in [0.2, 0.25) is 0 Å². The minimum atomic E-state index is -0.168. The van der Waals surface area contributed by atoms with Gasteiger partial charge in [-0.25, -0.2) is 0 Å². The highest BCUT2D eigenvalue weighted by molar-refractivity contribution is 5.95. The van der Waals surface area contributed by atoms with Gasteiger partial charge in [0.25, 0.3) is 5.91 Å². The Balaban J connectivity index is 1.87. The Kier molecular flexibility index (Phi) is 5.86. The van der Waals surface area contributed by atoms with Crippen LogP contribution in [0.5, 0.6) is 17.2 Å². The van der Waals surface area contributed by atoms with E-state index in [4.69, 9.17) is 9.47 Å². The lowest BCUT2D eigenvalue weighted by Gasteiger charge is -2.09. The molecule has 0 fully saturated rings. The molecule has 0 heterocycles. The van der Waals surface area contributed by atoms with Crippen LogP contribution in [0, 0.1) is 0 Å². The Morgan fingerprint density at radius 3 is 2.39 bits per heavy atom. The van der Waals surface area contributed by atoms with E-state index in [2.05, 4.69) is 5.32 Å². The van der Waals surface area contributed by atoms with E-state index >= 15 is 0 Å². The zero-order valence-corrected chi connectivity index (χ0v) is 13.3. The average Bonchev–Trinajstić information content (AvgIpc) is 2.58. The van der Waals surface area contributed by atoms with E-state index in [1.807, 2.05) is 12.1 Å². The second kappa shape index (κ2) is 8.08. The number of carbonyl (C=O) groups excluding carboxylic acids is 1. The van der Waals surface area contributed by atoms with Crippen LogP contribution in [-0.2, 0) is 6.42 Å². The fourth-order valence-electron chi connectivity index (χ4n) is 2.25. The van der Waals surface area contributed by atoms with Crippen LogP contribution in [0.3, 0.4) is 0 Å². The molecule has 0 radical (unpaired) electrons. The van der Waals surface area contributed by atoms with Crippen molar-refractivity contribution in [1.82, 2.24) is 5.32 Å². The molecule has 0 bridgehead atoms. The summed E-state index contributed by atoms with van der Waals surface area (Å²) in [7, 11) is 3.09. The maximum atomic E-state index is 12.2. The molecular weight excluding hydrogens is 294 g/mol. The lowest BCUT2D eigenvalue weighted by molar-refractivity contribution is 0.0952. The van der Waals surface area contributed by atoms with Gasteiger partial charge in [0, 0.05) is 18.2 Å². The van der Waals surface area contributed by atoms with Crippen LogP contribution in [0.4, 0.5) is 0 Å². The summed E-state index contributed by atoms with van der Waals surface area (Å²) in [5.74, 6) is 1.25. The minimum absolute atomic E-state index is 0.168. The average molecular weight is 315 g/mol. The molecule has 0 aliphatic heterocycles. The van der Waals surface area contributed by atoms with Crippen LogP contribution in [0.25, 0.3) is 0 Å². The van der Waals surface area contributed by atoms with Gasteiger partial charge in [0.15, 0.2) is 0 Å². The zero-order chi connectivity index (χ0) is 16.7. The Hall–Kier alpha value is -2.69. The van der Waals surface area contributed by atoms with Gasteiger partial charge >= 0.3 is 0 Å². The van der Waals surface area contributed by atoms with E-state index in [9.17, 15) is 9.90 Å². The fraction of sp³-hybridized carbons (Fsp3) is 0.278. The Morgan fingerprint density at radius 2 is 1.78 bits per heavy atom. The molecule has 2 rings (SSSR count). The number of carbonyl (C=O) groups is 1. The lowest BCUT2D eigenvalue weighted by atomic mass is 10.1. The van der Waals surface area contributed by atoms with Crippen molar-refractivity contribution >= 4 is 5.91 Å². The molecule has 0 aliphatic rings.